The van der Waals surface area contributed by atoms with Crippen LogP contribution < -0.4 is 4.72 Å². The third-order valence-electron chi connectivity index (χ3n) is 4.62. The number of carbonyl (C=O) groups is 2. The number of aryl methyl sites for hydroxylation is 1. The Hall–Kier alpha value is -2.49. The minimum absolute atomic E-state index is 0.0494. The SMILES string of the molecule is CNS(=O)(=O)c1cccc(C(=O)OCC(=O)c2cc(C)n(C(C)COC)c2C)c1. The highest BCUT2D eigenvalue weighted by Crippen LogP contribution is 2.21. The fourth-order valence-electron chi connectivity index (χ4n) is 3.25. The molecule has 1 N–H and O–H groups in total. The van der Waals surface area contributed by atoms with E-state index in [1.807, 2.05) is 25.3 Å². The molecule has 2 aromatic rings. The molecule has 9 heteroatoms. The first-order valence-electron chi connectivity index (χ1n) is 9.03. The number of hydrogen-bond donors (Lipinski definition) is 1. The monoisotopic (exact) mass is 422 g/mol. The topological polar surface area (TPSA) is 104 Å². The molecule has 0 bridgehead atoms. The van der Waals surface area contributed by atoms with Gasteiger partial charge in [-0.3, -0.25) is 4.79 Å². The minimum atomic E-state index is -3.69. The Kier molecular flexibility index (Phi) is 7.34. The van der Waals surface area contributed by atoms with Crippen LogP contribution in [0.25, 0.3) is 0 Å². The summed E-state index contributed by atoms with van der Waals surface area (Å²) >= 11 is 0. The Labute approximate surface area is 170 Å². The van der Waals surface area contributed by atoms with Crippen molar-refractivity contribution in [3.63, 3.8) is 0 Å². The molecule has 0 aliphatic heterocycles. The molecule has 0 aliphatic rings. The van der Waals surface area contributed by atoms with Gasteiger partial charge in [0.25, 0.3) is 0 Å². The Morgan fingerprint density at radius 1 is 1.21 bits per heavy atom. The summed E-state index contributed by atoms with van der Waals surface area (Å²) in [5.74, 6) is -1.10. The number of sulfonamides is 1. The number of esters is 1. The van der Waals surface area contributed by atoms with Crippen molar-refractivity contribution in [2.45, 2.75) is 31.7 Å². The normalized spacial score (nSPS) is 12.6. The average molecular weight is 423 g/mol. The number of methoxy groups -OCH3 is 1. The van der Waals surface area contributed by atoms with Gasteiger partial charge in [0.2, 0.25) is 15.8 Å². The molecule has 0 aliphatic carbocycles. The standard InChI is InChI=1S/C20H26N2O6S/c1-13-9-18(15(3)22(13)14(2)11-27-5)19(23)12-28-20(24)16-7-6-8-17(10-16)29(25,26)21-4/h6-10,14,21H,11-12H2,1-5H3. The molecule has 2 rings (SSSR count). The summed E-state index contributed by atoms with van der Waals surface area (Å²) < 4.78 is 38.2. The van der Waals surface area contributed by atoms with Crippen LogP contribution in [0.1, 0.15) is 45.1 Å². The van der Waals surface area contributed by atoms with Crippen LogP contribution in [0, 0.1) is 13.8 Å². The van der Waals surface area contributed by atoms with Gasteiger partial charge in [0.1, 0.15) is 0 Å². The van der Waals surface area contributed by atoms with E-state index in [0.717, 1.165) is 11.4 Å². The van der Waals surface area contributed by atoms with E-state index >= 15 is 0 Å². The molecule has 1 heterocycles. The lowest BCUT2D eigenvalue weighted by molar-refractivity contribution is 0.0474. The van der Waals surface area contributed by atoms with Crippen LogP contribution in [0.2, 0.25) is 0 Å². The third kappa shape index (κ3) is 5.11. The Morgan fingerprint density at radius 2 is 1.90 bits per heavy atom. The zero-order valence-electron chi connectivity index (χ0n) is 17.2. The highest BCUT2D eigenvalue weighted by molar-refractivity contribution is 7.89. The smallest absolute Gasteiger partial charge is 0.338 e. The fourth-order valence-corrected chi connectivity index (χ4v) is 4.03. The summed E-state index contributed by atoms with van der Waals surface area (Å²) in [6.07, 6.45) is 0. The molecule has 0 saturated heterocycles. The highest BCUT2D eigenvalue weighted by Gasteiger charge is 2.21. The van der Waals surface area contributed by atoms with Gasteiger partial charge in [0.05, 0.1) is 23.1 Å². The number of nitrogens with one attached hydrogen (secondary N) is 1. The molecule has 1 atom stereocenters. The van der Waals surface area contributed by atoms with Crippen molar-refractivity contribution in [2.24, 2.45) is 0 Å². The van der Waals surface area contributed by atoms with Gasteiger partial charge in [0, 0.05) is 24.1 Å². The predicted molar refractivity (Wildman–Crippen MR) is 108 cm³/mol. The van der Waals surface area contributed by atoms with Crippen LogP contribution in [0.5, 0.6) is 0 Å². The molecule has 1 aromatic carbocycles. The number of hydrogen-bond acceptors (Lipinski definition) is 6. The lowest BCUT2D eigenvalue weighted by Gasteiger charge is -2.17. The quantitative estimate of drug-likeness (QED) is 0.491. The summed E-state index contributed by atoms with van der Waals surface area (Å²) in [7, 11) is -0.788. The van der Waals surface area contributed by atoms with Gasteiger partial charge < -0.3 is 14.0 Å². The van der Waals surface area contributed by atoms with Crippen molar-refractivity contribution in [3.8, 4) is 0 Å². The molecule has 0 radical (unpaired) electrons. The van der Waals surface area contributed by atoms with E-state index in [1.165, 1.54) is 31.3 Å². The van der Waals surface area contributed by atoms with Gasteiger partial charge in [-0.15, -0.1) is 0 Å². The van der Waals surface area contributed by atoms with Gasteiger partial charge in [-0.05, 0) is 52.1 Å². The van der Waals surface area contributed by atoms with Gasteiger partial charge in [0.15, 0.2) is 6.61 Å². The van der Waals surface area contributed by atoms with Crippen LogP contribution in [0.15, 0.2) is 35.2 Å². The first-order valence-corrected chi connectivity index (χ1v) is 10.5. The van der Waals surface area contributed by atoms with Crippen LogP contribution in [-0.2, 0) is 19.5 Å². The zero-order valence-corrected chi connectivity index (χ0v) is 18.0. The number of ketones is 1. The first-order chi connectivity index (χ1) is 13.6. The number of ether oxygens (including phenoxy) is 2. The maximum atomic E-state index is 12.6. The van der Waals surface area contributed by atoms with E-state index in [-0.39, 0.29) is 22.3 Å². The number of aromatic nitrogens is 1. The Balaban J connectivity index is 2.13. The summed E-state index contributed by atoms with van der Waals surface area (Å²) in [5.41, 5.74) is 2.21. The third-order valence-corrected chi connectivity index (χ3v) is 6.03. The van der Waals surface area contributed by atoms with E-state index in [9.17, 15) is 18.0 Å². The van der Waals surface area contributed by atoms with Crippen LogP contribution in [0.3, 0.4) is 0 Å². The van der Waals surface area contributed by atoms with Crippen molar-refractivity contribution in [3.05, 3.63) is 52.8 Å². The van der Waals surface area contributed by atoms with E-state index in [0.29, 0.717) is 12.2 Å². The molecular weight excluding hydrogens is 396 g/mol. The summed E-state index contributed by atoms with van der Waals surface area (Å²) in [5, 5.41) is 0. The molecule has 1 unspecified atom stereocenters. The van der Waals surface area contributed by atoms with Gasteiger partial charge in [-0.1, -0.05) is 6.07 Å². The summed E-state index contributed by atoms with van der Waals surface area (Å²) in [6, 6.07) is 7.26. The number of benzene rings is 1. The average Bonchev–Trinajstić information content (AvgIpc) is 3.00. The lowest BCUT2D eigenvalue weighted by Crippen LogP contribution is -2.19. The van der Waals surface area contributed by atoms with E-state index < -0.39 is 22.6 Å². The Bertz CT molecular complexity index is 1010. The zero-order chi connectivity index (χ0) is 21.8. The van der Waals surface area contributed by atoms with Crippen molar-refractivity contribution >= 4 is 21.8 Å². The van der Waals surface area contributed by atoms with Crippen molar-refractivity contribution in [1.82, 2.24) is 9.29 Å². The molecule has 1 aromatic heterocycles. The van der Waals surface area contributed by atoms with Crippen LogP contribution in [-0.4, -0.2) is 52.1 Å². The van der Waals surface area contributed by atoms with Crippen molar-refractivity contribution in [1.29, 1.82) is 0 Å². The molecule has 0 amide bonds. The molecular formula is C20H26N2O6S. The first kappa shape index (κ1) is 22.8. The maximum Gasteiger partial charge on any atom is 0.338 e. The molecule has 0 fully saturated rings. The fraction of sp³-hybridized carbons (Fsp3) is 0.400. The largest absolute Gasteiger partial charge is 0.454 e. The van der Waals surface area contributed by atoms with Gasteiger partial charge >= 0.3 is 5.97 Å². The van der Waals surface area contributed by atoms with Crippen LogP contribution >= 0.6 is 0 Å². The summed E-state index contributed by atoms with van der Waals surface area (Å²) in [6.45, 7) is 5.79. The number of Topliss-reactive ketones (excluding diaryl/α,β-unsaturated/α-hetero) is 1. The molecule has 0 saturated carbocycles. The van der Waals surface area contributed by atoms with E-state index in [4.69, 9.17) is 9.47 Å². The lowest BCUT2D eigenvalue weighted by atomic mass is 10.1. The summed E-state index contributed by atoms with van der Waals surface area (Å²) in [4.78, 5) is 24.8. The highest BCUT2D eigenvalue weighted by atomic mass is 32.2. The second kappa shape index (κ2) is 9.34. The second-order valence-electron chi connectivity index (χ2n) is 6.69. The molecule has 29 heavy (non-hydrogen) atoms. The van der Waals surface area contributed by atoms with Crippen molar-refractivity contribution < 1.29 is 27.5 Å². The molecule has 8 nitrogen and oxygen atoms in total. The van der Waals surface area contributed by atoms with Gasteiger partial charge in [-0.25, -0.2) is 17.9 Å². The Morgan fingerprint density at radius 3 is 2.52 bits per heavy atom. The van der Waals surface area contributed by atoms with E-state index in [1.54, 1.807) is 13.2 Å². The van der Waals surface area contributed by atoms with Gasteiger partial charge in [-0.2, -0.15) is 0 Å². The predicted octanol–water partition coefficient (Wildman–Crippen LogP) is 2.26. The molecule has 0 spiro atoms. The minimum Gasteiger partial charge on any atom is -0.454 e. The number of rotatable bonds is 9. The number of nitrogens with zero attached hydrogens (tertiary/aromatic N) is 1. The molecule has 158 valence electrons. The van der Waals surface area contributed by atoms with Crippen molar-refractivity contribution in [2.75, 3.05) is 27.4 Å². The van der Waals surface area contributed by atoms with Crippen LogP contribution in [0.4, 0.5) is 0 Å². The second-order valence-corrected chi connectivity index (χ2v) is 8.58. The number of carbonyl (C=O) groups excluding carboxylic acids is 2. The maximum absolute atomic E-state index is 12.6. The van der Waals surface area contributed by atoms with E-state index in [2.05, 4.69) is 4.72 Å².